The average molecular weight is 359 g/mol. The summed E-state index contributed by atoms with van der Waals surface area (Å²) in [6.45, 7) is 20.4. The Morgan fingerprint density at radius 1 is 1.15 bits per heavy atom. The van der Waals surface area contributed by atoms with Crippen molar-refractivity contribution in [2.75, 3.05) is 0 Å². The zero-order valence-corrected chi connectivity index (χ0v) is 18.7. The van der Waals surface area contributed by atoms with Gasteiger partial charge in [-0.3, -0.25) is 0 Å². The molecule has 3 atom stereocenters. The summed E-state index contributed by atoms with van der Waals surface area (Å²) in [6, 6.07) is 0. The maximum Gasteiger partial charge on any atom is 0.0771 e. The summed E-state index contributed by atoms with van der Waals surface area (Å²) < 4.78 is 6.28. The SMILES string of the molecule is CCC1(C)C[C@@H](/C=C/C(C)=C/C=C/C=C/[C@@H](C)C(C)(C)C)OC(C)(C)C1. The molecule has 0 bridgehead atoms. The molecule has 1 aliphatic heterocycles. The van der Waals surface area contributed by atoms with Crippen molar-refractivity contribution in [2.24, 2.45) is 16.7 Å². The molecule has 0 N–H and O–H groups in total. The molecule has 148 valence electrons. The average Bonchev–Trinajstić information content (AvgIpc) is 2.49. The predicted octanol–water partition coefficient (Wildman–Crippen LogP) is 7.66. The molecule has 1 nitrogen and oxygen atoms in total. The third kappa shape index (κ3) is 8.08. The molecule has 0 aliphatic carbocycles. The van der Waals surface area contributed by atoms with E-state index in [1.165, 1.54) is 12.0 Å². The lowest BCUT2D eigenvalue weighted by Gasteiger charge is -2.45. The van der Waals surface area contributed by atoms with Crippen LogP contribution in [0.4, 0.5) is 0 Å². The van der Waals surface area contributed by atoms with E-state index < -0.39 is 0 Å². The highest BCUT2D eigenvalue weighted by Gasteiger charge is 2.39. The number of allylic oxidation sites excluding steroid dienone is 7. The lowest BCUT2D eigenvalue weighted by molar-refractivity contribution is -0.132. The van der Waals surface area contributed by atoms with Gasteiger partial charge in [0.15, 0.2) is 0 Å². The Balaban J connectivity index is 2.63. The highest BCUT2D eigenvalue weighted by Crippen LogP contribution is 2.43. The standard InChI is InChI=1S/C25H42O/c1-10-25(9)18-22(26-24(7,8)19-25)17-16-20(2)14-12-11-13-15-21(3)23(4,5)6/h11-17,21-22H,10,18-19H2,1-9H3/b12-11+,15-13+,17-16+,20-14+/t21-,22-,25?/m1/s1. The molecular weight excluding hydrogens is 316 g/mol. The summed E-state index contributed by atoms with van der Waals surface area (Å²) in [5, 5.41) is 0. The van der Waals surface area contributed by atoms with Crippen LogP contribution in [0, 0.1) is 16.7 Å². The number of hydrogen-bond acceptors (Lipinski definition) is 1. The molecule has 0 amide bonds. The van der Waals surface area contributed by atoms with Gasteiger partial charge in [0.1, 0.15) is 0 Å². The van der Waals surface area contributed by atoms with Gasteiger partial charge in [-0.15, -0.1) is 0 Å². The summed E-state index contributed by atoms with van der Waals surface area (Å²) in [5.41, 5.74) is 1.91. The molecule has 1 heterocycles. The van der Waals surface area contributed by atoms with Crippen LogP contribution in [0.15, 0.2) is 48.1 Å². The third-order valence-corrected chi connectivity index (χ3v) is 5.79. The van der Waals surface area contributed by atoms with E-state index in [2.05, 4.69) is 105 Å². The highest BCUT2D eigenvalue weighted by atomic mass is 16.5. The molecule has 1 heteroatoms. The first-order valence-electron chi connectivity index (χ1n) is 10.2. The van der Waals surface area contributed by atoms with E-state index in [9.17, 15) is 0 Å². The first kappa shape index (κ1) is 23.0. The van der Waals surface area contributed by atoms with Crippen LogP contribution in [0.2, 0.25) is 0 Å². The lowest BCUT2D eigenvalue weighted by Crippen LogP contribution is -2.43. The maximum atomic E-state index is 6.28. The van der Waals surface area contributed by atoms with E-state index >= 15 is 0 Å². The van der Waals surface area contributed by atoms with Crippen molar-refractivity contribution in [1.82, 2.24) is 0 Å². The summed E-state index contributed by atoms with van der Waals surface area (Å²) >= 11 is 0. The van der Waals surface area contributed by atoms with Crippen LogP contribution >= 0.6 is 0 Å². The summed E-state index contributed by atoms with van der Waals surface area (Å²) in [6.07, 6.45) is 18.9. The topological polar surface area (TPSA) is 9.23 Å². The van der Waals surface area contributed by atoms with E-state index in [0.29, 0.717) is 16.7 Å². The molecule has 0 aromatic carbocycles. The van der Waals surface area contributed by atoms with Crippen LogP contribution < -0.4 is 0 Å². The van der Waals surface area contributed by atoms with Gasteiger partial charge in [-0.05, 0) is 50.4 Å². The van der Waals surface area contributed by atoms with Crippen LogP contribution in [0.25, 0.3) is 0 Å². The van der Waals surface area contributed by atoms with Gasteiger partial charge in [0.05, 0.1) is 11.7 Å². The molecule has 0 saturated carbocycles. The lowest BCUT2D eigenvalue weighted by atomic mass is 9.71. The molecule has 0 radical (unpaired) electrons. The van der Waals surface area contributed by atoms with Crippen molar-refractivity contribution >= 4 is 0 Å². The van der Waals surface area contributed by atoms with Crippen molar-refractivity contribution < 1.29 is 4.74 Å². The molecule has 1 saturated heterocycles. The normalized spacial score (nSPS) is 29.1. The fourth-order valence-corrected chi connectivity index (χ4v) is 3.56. The predicted molar refractivity (Wildman–Crippen MR) is 116 cm³/mol. The van der Waals surface area contributed by atoms with Gasteiger partial charge in [0.2, 0.25) is 0 Å². The third-order valence-electron chi connectivity index (χ3n) is 5.79. The summed E-state index contributed by atoms with van der Waals surface area (Å²) in [7, 11) is 0. The van der Waals surface area contributed by atoms with Crippen LogP contribution in [0.5, 0.6) is 0 Å². The van der Waals surface area contributed by atoms with Crippen LogP contribution in [-0.4, -0.2) is 11.7 Å². The van der Waals surface area contributed by atoms with Gasteiger partial charge in [-0.25, -0.2) is 0 Å². The molecule has 26 heavy (non-hydrogen) atoms. The molecule has 0 aromatic heterocycles. The molecule has 1 unspecified atom stereocenters. The zero-order valence-electron chi connectivity index (χ0n) is 18.7. The Morgan fingerprint density at radius 3 is 2.38 bits per heavy atom. The molecule has 0 spiro atoms. The van der Waals surface area contributed by atoms with E-state index in [4.69, 9.17) is 4.74 Å². The van der Waals surface area contributed by atoms with Crippen molar-refractivity contribution in [3.63, 3.8) is 0 Å². The van der Waals surface area contributed by atoms with Gasteiger partial charge >= 0.3 is 0 Å². The van der Waals surface area contributed by atoms with Gasteiger partial charge in [-0.2, -0.15) is 0 Å². The minimum Gasteiger partial charge on any atom is -0.368 e. The Morgan fingerprint density at radius 2 is 1.81 bits per heavy atom. The first-order chi connectivity index (χ1) is 11.9. The molecule has 1 aliphatic rings. The summed E-state index contributed by atoms with van der Waals surface area (Å²) in [5.74, 6) is 0.566. The second kappa shape index (κ2) is 9.22. The number of rotatable bonds is 6. The van der Waals surface area contributed by atoms with E-state index in [1.54, 1.807) is 0 Å². The molecular formula is C25H42O. The fourth-order valence-electron chi connectivity index (χ4n) is 3.56. The Kier molecular flexibility index (Phi) is 8.14. The van der Waals surface area contributed by atoms with Gasteiger partial charge in [0.25, 0.3) is 0 Å². The fraction of sp³-hybridized carbons (Fsp3) is 0.680. The zero-order chi connectivity index (χ0) is 20.0. The smallest absolute Gasteiger partial charge is 0.0771 e. The van der Waals surface area contributed by atoms with Crippen molar-refractivity contribution in [3.8, 4) is 0 Å². The van der Waals surface area contributed by atoms with Crippen molar-refractivity contribution in [2.45, 2.75) is 93.3 Å². The van der Waals surface area contributed by atoms with E-state index in [-0.39, 0.29) is 11.7 Å². The molecule has 0 aromatic rings. The summed E-state index contributed by atoms with van der Waals surface area (Å²) in [4.78, 5) is 0. The monoisotopic (exact) mass is 358 g/mol. The Bertz CT molecular complexity index is 553. The largest absolute Gasteiger partial charge is 0.368 e. The van der Waals surface area contributed by atoms with Crippen LogP contribution in [0.1, 0.15) is 81.6 Å². The minimum atomic E-state index is -0.0376. The Hall–Kier alpha value is -1.08. The second-order valence-electron chi connectivity index (χ2n) is 10.2. The Labute approximate surface area is 163 Å². The number of ether oxygens (including phenoxy) is 1. The van der Waals surface area contributed by atoms with Gasteiger partial charge in [0, 0.05) is 0 Å². The van der Waals surface area contributed by atoms with Crippen LogP contribution in [-0.2, 0) is 4.74 Å². The molecule has 1 rings (SSSR count). The van der Waals surface area contributed by atoms with Gasteiger partial charge < -0.3 is 4.74 Å². The van der Waals surface area contributed by atoms with Crippen LogP contribution in [0.3, 0.4) is 0 Å². The molecule has 1 fully saturated rings. The van der Waals surface area contributed by atoms with Gasteiger partial charge in [-0.1, -0.05) is 96.1 Å². The first-order valence-corrected chi connectivity index (χ1v) is 10.2. The second-order valence-corrected chi connectivity index (χ2v) is 10.2. The highest BCUT2D eigenvalue weighted by molar-refractivity contribution is 5.24. The number of hydrogen-bond donors (Lipinski definition) is 0. The van der Waals surface area contributed by atoms with Crippen molar-refractivity contribution in [1.29, 1.82) is 0 Å². The van der Waals surface area contributed by atoms with E-state index in [0.717, 1.165) is 12.8 Å². The quantitative estimate of drug-likeness (QED) is 0.443. The maximum absolute atomic E-state index is 6.28. The van der Waals surface area contributed by atoms with E-state index in [1.807, 2.05) is 0 Å². The minimum absolute atomic E-state index is 0.0376. The van der Waals surface area contributed by atoms with Crippen molar-refractivity contribution in [3.05, 3.63) is 48.1 Å².